The van der Waals surface area contributed by atoms with Gasteiger partial charge in [0.05, 0.1) is 13.2 Å². The zero-order valence-electron chi connectivity index (χ0n) is 12.0. The van der Waals surface area contributed by atoms with E-state index >= 15 is 0 Å². The summed E-state index contributed by atoms with van der Waals surface area (Å²) in [5, 5.41) is 29.6. The molecular formula is C15H18FN3O3. The number of nitrogens with zero attached hydrogens (tertiary/aromatic N) is 2. The molecule has 0 aliphatic carbocycles. The lowest BCUT2D eigenvalue weighted by atomic mass is 10.2. The summed E-state index contributed by atoms with van der Waals surface area (Å²) in [6.45, 7) is -0.205. The van der Waals surface area contributed by atoms with Crippen molar-refractivity contribution in [3.05, 3.63) is 47.4 Å². The predicted octanol–water partition coefficient (Wildman–Crippen LogP) is 0.136. The van der Waals surface area contributed by atoms with Crippen molar-refractivity contribution in [1.29, 1.82) is 5.26 Å². The van der Waals surface area contributed by atoms with Gasteiger partial charge in [-0.3, -0.25) is 4.79 Å². The quantitative estimate of drug-likeness (QED) is 0.469. The summed E-state index contributed by atoms with van der Waals surface area (Å²) in [5.41, 5.74) is 0.516. The molecule has 0 heterocycles. The minimum atomic E-state index is -0.586. The first-order valence-corrected chi connectivity index (χ1v) is 6.71. The van der Waals surface area contributed by atoms with Gasteiger partial charge < -0.3 is 20.4 Å². The highest BCUT2D eigenvalue weighted by atomic mass is 19.1. The Morgan fingerprint density at radius 2 is 2.05 bits per heavy atom. The highest BCUT2D eigenvalue weighted by Crippen LogP contribution is 2.04. The van der Waals surface area contributed by atoms with Crippen molar-refractivity contribution in [2.45, 2.75) is 6.54 Å². The van der Waals surface area contributed by atoms with E-state index in [1.54, 1.807) is 18.2 Å². The first-order chi connectivity index (χ1) is 10.6. The van der Waals surface area contributed by atoms with Crippen LogP contribution in [0.2, 0.25) is 0 Å². The fraction of sp³-hybridized carbons (Fsp3) is 0.333. The van der Waals surface area contributed by atoms with Crippen molar-refractivity contribution < 1.29 is 19.4 Å². The molecule has 7 heteroatoms. The lowest BCUT2D eigenvalue weighted by molar-refractivity contribution is -0.127. The fourth-order valence-electron chi connectivity index (χ4n) is 1.79. The lowest BCUT2D eigenvalue weighted by Gasteiger charge is -2.20. The highest BCUT2D eigenvalue weighted by Gasteiger charge is 2.17. The number of aliphatic hydroxyl groups is 2. The Morgan fingerprint density at radius 3 is 2.59 bits per heavy atom. The number of benzene rings is 1. The fourth-order valence-corrected chi connectivity index (χ4v) is 1.79. The Hall–Kier alpha value is -2.43. The molecule has 1 amide bonds. The number of rotatable bonds is 8. The van der Waals surface area contributed by atoms with Gasteiger partial charge in [0.1, 0.15) is 17.5 Å². The smallest absolute Gasteiger partial charge is 0.266 e. The van der Waals surface area contributed by atoms with E-state index in [1.807, 2.05) is 0 Å². The summed E-state index contributed by atoms with van der Waals surface area (Å²) in [7, 11) is 0. The monoisotopic (exact) mass is 307 g/mol. The molecule has 3 N–H and O–H groups in total. The molecule has 0 radical (unpaired) electrons. The van der Waals surface area contributed by atoms with Crippen molar-refractivity contribution in [2.24, 2.45) is 0 Å². The maximum atomic E-state index is 13.0. The number of carbonyl (C=O) groups is 1. The number of carbonyl (C=O) groups excluding carboxylic acids is 1. The first kappa shape index (κ1) is 17.6. The van der Waals surface area contributed by atoms with Crippen LogP contribution < -0.4 is 5.32 Å². The predicted molar refractivity (Wildman–Crippen MR) is 77.7 cm³/mol. The highest BCUT2D eigenvalue weighted by molar-refractivity contribution is 5.97. The number of nitriles is 1. The van der Waals surface area contributed by atoms with Gasteiger partial charge in [-0.05, 0) is 17.7 Å². The maximum Gasteiger partial charge on any atom is 0.266 e. The minimum absolute atomic E-state index is 0.0301. The third-order valence-corrected chi connectivity index (χ3v) is 2.82. The molecule has 0 saturated heterocycles. The summed E-state index contributed by atoms with van der Waals surface area (Å²) >= 11 is 0. The van der Waals surface area contributed by atoms with Gasteiger partial charge >= 0.3 is 0 Å². The van der Waals surface area contributed by atoms with Crippen molar-refractivity contribution in [3.63, 3.8) is 0 Å². The van der Waals surface area contributed by atoms with Crippen molar-refractivity contribution in [1.82, 2.24) is 10.2 Å². The zero-order valence-corrected chi connectivity index (χ0v) is 12.0. The number of hydrogen-bond donors (Lipinski definition) is 3. The Labute approximate surface area is 128 Å². The van der Waals surface area contributed by atoms with Crippen LogP contribution in [0.5, 0.6) is 0 Å². The molecule has 0 aliphatic rings. The normalized spacial score (nSPS) is 10.9. The third kappa shape index (κ3) is 5.52. The minimum Gasteiger partial charge on any atom is -0.395 e. The Balaban J connectivity index is 2.69. The molecule has 1 aromatic carbocycles. The molecule has 0 unspecified atom stereocenters. The van der Waals surface area contributed by atoms with Crippen LogP contribution in [0.1, 0.15) is 5.56 Å². The summed E-state index contributed by atoms with van der Waals surface area (Å²) in [4.78, 5) is 13.2. The van der Waals surface area contributed by atoms with Gasteiger partial charge in [0.25, 0.3) is 5.91 Å². The molecule has 22 heavy (non-hydrogen) atoms. The average Bonchev–Trinajstić information content (AvgIpc) is 2.51. The van der Waals surface area contributed by atoms with Crippen molar-refractivity contribution >= 4 is 5.91 Å². The van der Waals surface area contributed by atoms with E-state index in [1.165, 1.54) is 23.2 Å². The van der Waals surface area contributed by atoms with Gasteiger partial charge in [0, 0.05) is 25.8 Å². The Morgan fingerprint density at radius 1 is 1.36 bits per heavy atom. The van der Waals surface area contributed by atoms with Crippen LogP contribution in [0, 0.1) is 17.1 Å². The van der Waals surface area contributed by atoms with Gasteiger partial charge in [-0.1, -0.05) is 12.1 Å². The molecule has 0 spiro atoms. The van der Waals surface area contributed by atoms with Crippen LogP contribution in [0.3, 0.4) is 0 Å². The second kappa shape index (κ2) is 9.50. The Bertz CT molecular complexity index is 563. The molecule has 1 rings (SSSR count). The lowest BCUT2D eigenvalue weighted by Crippen LogP contribution is -2.37. The van der Waals surface area contributed by atoms with E-state index in [0.717, 1.165) is 0 Å². The van der Waals surface area contributed by atoms with Crippen LogP contribution in [-0.2, 0) is 11.3 Å². The van der Waals surface area contributed by atoms with Crippen LogP contribution in [0.15, 0.2) is 36.0 Å². The molecule has 6 nitrogen and oxygen atoms in total. The molecule has 0 atom stereocenters. The number of halogens is 1. The molecule has 0 aliphatic heterocycles. The zero-order chi connectivity index (χ0) is 16.4. The summed E-state index contributed by atoms with van der Waals surface area (Å²) in [5.74, 6) is -0.950. The van der Waals surface area contributed by atoms with Gasteiger partial charge in [-0.2, -0.15) is 5.26 Å². The SMILES string of the molecule is N#C/C(=C/NCc1cccc(F)c1)C(=O)N(CCO)CCO. The van der Waals surface area contributed by atoms with Crippen LogP contribution >= 0.6 is 0 Å². The van der Waals surface area contributed by atoms with E-state index in [9.17, 15) is 9.18 Å². The van der Waals surface area contributed by atoms with E-state index in [4.69, 9.17) is 15.5 Å². The van der Waals surface area contributed by atoms with E-state index in [2.05, 4.69) is 5.32 Å². The molecule has 0 aromatic heterocycles. The van der Waals surface area contributed by atoms with Crippen LogP contribution in [0.4, 0.5) is 4.39 Å². The van der Waals surface area contributed by atoms with Crippen LogP contribution in [0.25, 0.3) is 0 Å². The van der Waals surface area contributed by atoms with E-state index in [0.29, 0.717) is 5.56 Å². The summed E-state index contributed by atoms with van der Waals surface area (Å²) in [6, 6.07) is 7.71. The van der Waals surface area contributed by atoms with Crippen molar-refractivity contribution in [2.75, 3.05) is 26.3 Å². The second-order valence-corrected chi connectivity index (χ2v) is 4.42. The number of aliphatic hydroxyl groups excluding tert-OH is 2. The van der Waals surface area contributed by atoms with E-state index < -0.39 is 5.91 Å². The van der Waals surface area contributed by atoms with Crippen LogP contribution in [-0.4, -0.2) is 47.3 Å². The van der Waals surface area contributed by atoms with Gasteiger partial charge in [-0.15, -0.1) is 0 Å². The number of amides is 1. The number of nitrogens with one attached hydrogen (secondary N) is 1. The topological polar surface area (TPSA) is 96.6 Å². The molecule has 0 bridgehead atoms. The molecule has 0 saturated carbocycles. The standard InChI is InChI=1S/C15H18FN3O3/c16-14-3-1-2-12(8-14)10-18-11-13(9-17)15(22)19(4-6-20)5-7-21/h1-3,8,11,18,20-21H,4-7,10H2/b13-11-. The number of hydrogen-bond acceptors (Lipinski definition) is 5. The van der Waals surface area contributed by atoms with E-state index in [-0.39, 0.29) is 44.2 Å². The molecule has 0 fully saturated rings. The first-order valence-electron chi connectivity index (χ1n) is 6.71. The molecule has 1 aromatic rings. The van der Waals surface area contributed by atoms with Gasteiger partial charge in [-0.25, -0.2) is 4.39 Å². The largest absolute Gasteiger partial charge is 0.395 e. The second-order valence-electron chi connectivity index (χ2n) is 4.42. The third-order valence-electron chi connectivity index (χ3n) is 2.82. The maximum absolute atomic E-state index is 13.0. The van der Waals surface area contributed by atoms with Crippen molar-refractivity contribution in [3.8, 4) is 6.07 Å². The van der Waals surface area contributed by atoms with Gasteiger partial charge in [0.2, 0.25) is 0 Å². The summed E-state index contributed by atoms with van der Waals surface area (Å²) in [6.07, 6.45) is 1.25. The average molecular weight is 307 g/mol. The summed E-state index contributed by atoms with van der Waals surface area (Å²) < 4.78 is 13.0. The molecular weight excluding hydrogens is 289 g/mol. The van der Waals surface area contributed by atoms with Gasteiger partial charge in [0.15, 0.2) is 0 Å². The Kier molecular flexibility index (Phi) is 7.61. The molecule has 118 valence electrons.